The summed E-state index contributed by atoms with van der Waals surface area (Å²) in [5, 5.41) is 9.86. The van der Waals surface area contributed by atoms with Crippen LogP contribution in [0.15, 0.2) is 35.0 Å². The number of carbonyl (C=O) groups excluding carboxylic acids is 2. The van der Waals surface area contributed by atoms with E-state index in [2.05, 4.69) is 15.6 Å². The number of nitrogens with zero attached hydrogens (tertiary/aromatic N) is 1. The Bertz CT molecular complexity index is 923. The van der Waals surface area contributed by atoms with Gasteiger partial charge < -0.3 is 5.32 Å². The van der Waals surface area contributed by atoms with E-state index >= 15 is 0 Å². The topological polar surface area (TPSA) is 71.1 Å². The standard InChI is InChI=1S/C19H19N3O2S2/c1-11-7-12(2)17(13(3)8-11)21-16(23)9-14-10-26-19(20-14)22-18(24)15-5-4-6-25-15/h4-8,10H,9H2,1-3H3,(H,21,23)(H,20,22,24). The fraction of sp³-hybridized carbons (Fsp3) is 0.211. The van der Waals surface area contributed by atoms with Gasteiger partial charge in [0.2, 0.25) is 5.91 Å². The number of hydrogen-bond acceptors (Lipinski definition) is 5. The molecule has 0 unspecified atom stereocenters. The highest BCUT2D eigenvalue weighted by atomic mass is 32.1. The maximum atomic E-state index is 12.4. The molecular weight excluding hydrogens is 366 g/mol. The summed E-state index contributed by atoms with van der Waals surface area (Å²) in [7, 11) is 0. The molecule has 26 heavy (non-hydrogen) atoms. The van der Waals surface area contributed by atoms with E-state index in [4.69, 9.17) is 0 Å². The Hall–Kier alpha value is -2.51. The Morgan fingerprint density at radius 2 is 1.81 bits per heavy atom. The number of hydrogen-bond donors (Lipinski definition) is 2. The number of rotatable bonds is 5. The number of benzene rings is 1. The molecule has 1 aromatic carbocycles. The van der Waals surface area contributed by atoms with Crippen LogP contribution in [0.1, 0.15) is 32.1 Å². The lowest BCUT2D eigenvalue weighted by Gasteiger charge is -2.12. The van der Waals surface area contributed by atoms with Crippen molar-refractivity contribution in [2.24, 2.45) is 0 Å². The van der Waals surface area contributed by atoms with Gasteiger partial charge in [-0.25, -0.2) is 4.98 Å². The number of amides is 2. The maximum absolute atomic E-state index is 12.4. The van der Waals surface area contributed by atoms with Crippen LogP contribution in [0.4, 0.5) is 10.8 Å². The SMILES string of the molecule is Cc1cc(C)c(NC(=O)Cc2csc(NC(=O)c3cccs3)n2)c(C)c1. The molecule has 0 aliphatic rings. The smallest absolute Gasteiger partial charge is 0.267 e. The first-order valence-electron chi connectivity index (χ1n) is 8.09. The number of aryl methyl sites for hydroxylation is 3. The molecule has 0 saturated carbocycles. The average Bonchev–Trinajstić information content (AvgIpc) is 3.23. The van der Waals surface area contributed by atoms with Gasteiger partial charge in [0.25, 0.3) is 5.91 Å². The molecule has 2 amide bonds. The van der Waals surface area contributed by atoms with E-state index in [9.17, 15) is 9.59 Å². The third-order valence-corrected chi connectivity index (χ3v) is 5.48. The van der Waals surface area contributed by atoms with Crippen LogP contribution < -0.4 is 10.6 Å². The number of thiazole rings is 1. The summed E-state index contributed by atoms with van der Waals surface area (Å²) in [6.07, 6.45) is 0.165. The second-order valence-electron chi connectivity index (χ2n) is 6.07. The summed E-state index contributed by atoms with van der Waals surface area (Å²) in [5.41, 5.74) is 4.73. The van der Waals surface area contributed by atoms with Crippen molar-refractivity contribution in [1.82, 2.24) is 4.98 Å². The molecule has 0 aliphatic carbocycles. The van der Waals surface area contributed by atoms with Crippen LogP contribution in [0.2, 0.25) is 0 Å². The number of thiophene rings is 1. The van der Waals surface area contributed by atoms with Crippen LogP contribution in [-0.4, -0.2) is 16.8 Å². The summed E-state index contributed by atoms with van der Waals surface area (Å²) < 4.78 is 0. The van der Waals surface area contributed by atoms with Crippen molar-refractivity contribution in [2.75, 3.05) is 10.6 Å². The van der Waals surface area contributed by atoms with Gasteiger partial charge in [0, 0.05) is 11.1 Å². The lowest BCUT2D eigenvalue weighted by atomic mass is 10.0. The molecule has 7 heteroatoms. The molecule has 3 rings (SSSR count). The predicted octanol–water partition coefficient (Wildman–Crippen LogP) is 4.56. The van der Waals surface area contributed by atoms with Gasteiger partial charge in [-0.1, -0.05) is 23.8 Å². The van der Waals surface area contributed by atoms with Crippen molar-refractivity contribution in [1.29, 1.82) is 0 Å². The van der Waals surface area contributed by atoms with E-state index in [1.807, 2.05) is 44.4 Å². The summed E-state index contributed by atoms with van der Waals surface area (Å²) >= 11 is 2.69. The number of carbonyl (C=O) groups is 2. The highest BCUT2D eigenvalue weighted by Crippen LogP contribution is 2.23. The molecule has 0 saturated heterocycles. The van der Waals surface area contributed by atoms with E-state index in [-0.39, 0.29) is 18.2 Å². The maximum Gasteiger partial charge on any atom is 0.267 e. The van der Waals surface area contributed by atoms with E-state index in [0.29, 0.717) is 15.7 Å². The zero-order chi connectivity index (χ0) is 18.7. The number of nitrogens with one attached hydrogen (secondary N) is 2. The minimum atomic E-state index is -0.184. The molecule has 5 nitrogen and oxygen atoms in total. The Morgan fingerprint density at radius 3 is 2.46 bits per heavy atom. The fourth-order valence-corrected chi connectivity index (χ4v) is 4.06. The Morgan fingerprint density at radius 1 is 1.08 bits per heavy atom. The van der Waals surface area contributed by atoms with Crippen LogP contribution >= 0.6 is 22.7 Å². The van der Waals surface area contributed by atoms with Gasteiger partial charge in [0.1, 0.15) is 0 Å². The van der Waals surface area contributed by atoms with Crippen molar-refractivity contribution >= 4 is 45.3 Å². The number of anilines is 2. The van der Waals surface area contributed by atoms with Gasteiger partial charge in [0.15, 0.2) is 5.13 Å². The van der Waals surface area contributed by atoms with E-state index < -0.39 is 0 Å². The van der Waals surface area contributed by atoms with Gasteiger partial charge >= 0.3 is 0 Å². The minimum Gasteiger partial charge on any atom is -0.325 e. The van der Waals surface area contributed by atoms with Crippen molar-refractivity contribution in [3.05, 3.63) is 62.3 Å². The largest absolute Gasteiger partial charge is 0.325 e. The average molecular weight is 386 g/mol. The van der Waals surface area contributed by atoms with Crippen LogP contribution in [-0.2, 0) is 11.2 Å². The molecule has 0 aliphatic heterocycles. The molecule has 0 fully saturated rings. The fourth-order valence-electron chi connectivity index (χ4n) is 2.74. The van der Waals surface area contributed by atoms with Crippen molar-refractivity contribution < 1.29 is 9.59 Å². The number of aromatic nitrogens is 1. The molecule has 0 radical (unpaired) electrons. The van der Waals surface area contributed by atoms with Crippen LogP contribution in [0.25, 0.3) is 0 Å². The van der Waals surface area contributed by atoms with E-state index in [1.54, 1.807) is 11.4 Å². The molecule has 3 aromatic rings. The van der Waals surface area contributed by atoms with Gasteiger partial charge in [-0.15, -0.1) is 22.7 Å². The summed E-state index contributed by atoms with van der Waals surface area (Å²) in [5.74, 6) is -0.308. The Kier molecular flexibility index (Phi) is 5.49. The van der Waals surface area contributed by atoms with Gasteiger partial charge in [-0.05, 0) is 43.3 Å². The highest BCUT2D eigenvalue weighted by Gasteiger charge is 2.13. The molecule has 0 bridgehead atoms. The van der Waals surface area contributed by atoms with Crippen LogP contribution in [0, 0.1) is 20.8 Å². The van der Waals surface area contributed by atoms with Gasteiger partial charge in [0.05, 0.1) is 17.0 Å². The monoisotopic (exact) mass is 385 g/mol. The summed E-state index contributed by atoms with van der Waals surface area (Å²) in [4.78, 5) is 29.4. The third-order valence-electron chi connectivity index (χ3n) is 3.80. The Balaban J connectivity index is 1.62. The van der Waals surface area contributed by atoms with E-state index in [1.165, 1.54) is 28.2 Å². The lowest BCUT2D eigenvalue weighted by Crippen LogP contribution is -2.16. The predicted molar refractivity (Wildman–Crippen MR) is 107 cm³/mol. The van der Waals surface area contributed by atoms with Crippen molar-refractivity contribution in [3.63, 3.8) is 0 Å². The molecule has 134 valence electrons. The highest BCUT2D eigenvalue weighted by molar-refractivity contribution is 7.14. The van der Waals surface area contributed by atoms with Crippen LogP contribution in [0.3, 0.4) is 0 Å². The second-order valence-corrected chi connectivity index (χ2v) is 7.88. The zero-order valence-electron chi connectivity index (χ0n) is 14.8. The molecule has 0 atom stereocenters. The van der Waals surface area contributed by atoms with Crippen molar-refractivity contribution in [3.8, 4) is 0 Å². The summed E-state index contributed by atoms with van der Waals surface area (Å²) in [6.45, 7) is 6.00. The first kappa shape index (κ1) is 18.3. The molecule has 2 heterocycles. The summed E-state index contributed by atoms with van der Waals surface area (Å²) in [6, 6.07) is 7.67. The second kappa shape index (κ2) is 7.80. The van der Waals surface area contributed by atoms with Crippen molar-refractivity contribution in [2.45, 2.75) is 27.2 Å². The third kappa shape index (κ3) is 4.36. The van der Waals surface area contributed by atoms with Gasteiger partial charge in [-0.3, -0.25) is 14.9 Å². The molecular formula is C19H19N3O2S2. The molecule has 2 aromatic heterocycles. The molecule has 0 spiro atoms. The lowest BCUT2D eigenvalue weighted by molar-refractivity contribution is -0.115. The minimum absolute atomic E-state index is 0.124. The van der Waals surface area contributed by atoms with E-state index in [0.717, 1.165) is 16.8 Å². The quantitative estimate of drug-likeness (QED) is 0.676. The first-order chi connectivity index (χ1) is 12.4. The Labute approximate surface area is 160 Å². The normalized spacial score (nSPS) is 10.6. The first-order valence-corrected chi connectivity index (χ1v) is 9.85. The van der Waals surface area contributed by atoms with Gasteiger partial charge in [-0.2, -0.15) is 0 Å². The zero-order valence-corrected chi connectivity index (χ0v) is 16.4. The molecule has 2 N–H and O–H groups in total. The van der Waals surface area contributed by atoms with Crippen LogP contribution in [0.5, 0.6) is 0 Å².